The molecular formula is C24H37N3O3. The Morgan fingerprint density at radius 3 is 2.10 bits per heavy atom. The lowest BCUT2D eigenvalue weighted by Gasteiger charge is -2.32. The van der Waals surface area contributed by atoms with Gasteiger partial charge in [-0.2, -0.15) is 0 Å². The third-order valence-corrected chi connectivity index (χ3v) is 7.54. The summed E-state index contributed by atoms with van der Waals surface area (Å²) in [5, 5.41) is 6.62. The van der Waals surface area contributed by atoms with Gasteiger partial charge in [0.1, 0.15) is 11.4 Å². The number of nitrogens with zero attached hydrogens (tertiary/aromatic N) is 1. The number of carbonyl (C=O) groups is 1. The highest BCUT2D eigenvalue weighted by Gasteiger charge is 2.30. The smallest absolute Gasteiger partial charge is 0.253 e. The number of anilines is 2. The molecule has 0 spiro atoms. The van der Waals surface area contributed by atoms with Crippen LogP contribution in [-0.4, -0.2) is 31.6 Å². The summed E-state index contributed by atoms with van der Waals surface area (Å²) < 4.78 is 0. The van der Waals surface area contributed by atoms with Crippen molar-refractivity contribution in [3.8, 4) is 0 Å². The van der Waals surface area contributed by atoms with E-state index in [1.807, 2.05) is 0 Å². The summed E-state index contributed by atoms with van der Waals surface area (Å²) in [4.78, 5) is 39.0. The van der Waals surface area contributed by atoms with Gasteiger partial charge in [0, 0.05) is 31.6 Å². The second kappa shape index (κ2) is 9.97. The molecule has 30 heavy (non-hydrogen) atoms. The summed E-state index contributed by atoms with van der Waals surface area (Å²) in [6.07, 6.45) is 14.6. The molecule has 0 bridgehead atoms. The molecule has 2 saturated carbocycles. The predicted octanol–water partition coefficient (Wildman–Crippen LogP) is 3.33. The molecule has 6 heteroatoms. The van der Waals surface area contributed by atoms with Crippen LogP contribution in [0.15, 0.2) is 9.59 Å². The lowest BCUT2D eigenvalue weighted by atomic mass is 9.81. The lowest BCUT2D eigenvalue weighted by Crippen LogP contribution is -2.45. The van der Waals surface area contributed by atoms with Gasteiger partial charge in [0.15, 0.2) is 0 Å². The van der Waals surface area contributed by atoms with E-state index < -0.39 is 0 Å². The zero-order valence-electron chi connectivity index (χ0n) is 18.2. The molecule has 0 atom stereocenters. The quantitative estimate of drug-likeness (QED) is 0.550. The molecule has 1 amide bonds. The standard InChI is InChI=1S/C24H37N3O3/c28-22-20(21(23(22)29)27-14-6-3-7-15-27)25-16-17-10-12-18(13-11-17)24(30)26-19-8-4-1-2-5-9-19/h17-19,25H,1-16H2,(H,26,30). The molecule has 3 fully saturated rings. The van der Waals surface area contributed by atoms with Crippen molar-refractivity contribution in [3.05, 3.63) is 20.4 Å². The molecule has 4 rings (SSSR count). The van der Waals surface area contributed by atoms with Crippen molar-refractivity contribution >= 4 is 17.3 Å². The lowest BCUT2D eigenvalue weighted by molar-refractivity contribution is -0.127. The summed E-state index contributed by atoms with van der Waals surface area (Å²) in [7, 11) is 0. The highest BCUT2D eigenvalue weighted by Crippen LogP contribution is 2.31. The van der Waals surface area contributed by atoms with E-state index in [2.05, 4.69) is 15.5 Å². The number of piperidine rings is 1. The van der Waals surface area contributed by atoms with Gasteiger partial charge in [-0.1, -0.05) is 25.7 Å². The average molecular weight is 416 g/mol. The molecule has 0 unspecified atom stereocenters. The van der Waals surface area contributed by atoms with Crippen LogP contribution >= 0.6 is 0 Å². The van der Waals surface area contributed by atoms with Crippen LogP contribution in [-0.2, 0) is 4.79 Å². The molecule has 1 heterocycles. The van der Waals surface area contributed by atoms with Gasteiger partial charge in [0.25, 0.3) is 10.9 Å². The van der Waals surface area contributed by atoms with Crippen molar-refractivity contribution < 1.29 is 4.79 Å². The molecule has 3 aliphatic rings. The zero-order valence-corrected chi connectivity index (χ0v) is 18.2. The highest BCUT2D eigenvalue weighted by atomic mass is 16.2. The van der Waals surface area contributed by atoms with E-state index in [1.165, 1.54) is 32.1 Å². The van der Waals surface area contributed by atoms with Crippen molar-refractivity contribution in [1.82, 2.24) is 5.32 Å². The van der Waals surface area contributed by atoms with Gasteiger partial charge in [-0.15, -0.1) is 0 Å². The van der Waals surface area contributed by atoms with E-state index in [1.54, 1.807) is 0 Å². The van der Waals surface area contributed by atoms with Gasteiger partial charge >= 0.3 is 0 Å². The first-order valence-corrected chi connectivity index (χ1v) is 12.3. The minimum absolute atomic E-state index is 0.138. The van der Waals surface area contributed by atoms with E-state index in [9.17, 15) is 14.4 Å². The fourth-order valence-electron chi connectivity index (χ4n) is 5.58. The second-order valence-corrected chi connectivity index (χ2v) is 9.73. The Labute approximate surface area is 179 Å². The average Bonchev–Trinajstić information content (AvgIpc) is 3.05. The number of hydrogen-bond donors (Lipinski definition) is 2. The fourth-order valence-corrected chi connectivity index (χ4v) is 5.58. The van der Waals surface area contributed by atoms with Crippen LogP contribution < -0.4 is 26.4 Å². The maximum Gasteiger partial charge on any atom is 0.253 e. The maximum atomic E-state index is 12.7. The minimum atomic E-state index is -0.355. The van der Waals surface area contributed by atoms with E-state index in [-0.39, 0.29) is 22.7 Å². The Morgan fingerprint density at radius 2 is 1.43 bits per heavy atom. The largest absolute Gasteiger partial charge is 0.380 e. The Bertz CT molecular complexity index is 776. The molecule has 1 aromatic carbocycles. The number of amides is 1. The normalized spacial score (nSPS) is 26.3. The van der Waals surface area contributed by atoms with Gasteiger partial charge in [-0.05, 0) is 63.7 Å². The molecule has 0 aromatic heterocycles. The van der Waals surface area contributed by atoms with Crippen molar-refractivity contribution in [3.63, 3.8) is 0 Å². The summed E-state index contributed by atoms with van der Waals surface area (Å²) in [6.45, 7) is 2.48. The molecule has 2 N–H and O–H groups in total. The number of rotatable bonds is 6. The number of nitrogens with one attached hydrogen (secondary N) is 2. The Morgan fingerprint density at radius 1 is 0.800 bits per heavy atom. The molecule has 166 valence electrons. The first-order chi connectivity index (χ1) is 14.6. The van der Waals surface area contributed by atoms with E-state index in [4.69, 9.17) is 0 Å². The van der Waals surface area contributed by atoms with Crippen molar-refractivity contribution in [2.24, 2.45) is 11.8 Å². The molecule has 1 aliphatic heterocycles. The highest BCUT2D eigenvalue weighted by molar-refractivity contribution is 5.79. The first kappa shape index (κ1) is 21.4. The van der Waals surface area contributed by atoms with Gasteiger partial charge in [-0.3, -0.25) is 14.4 Å². The second-order valence-electron chi connectivity index (χ2n) is 9.73. The van der Waals surface area contributed by atoms with Crippen molar-refractivity contribution in [2.45, 2.75) is 89.5 Å². The molecule has 6 nitrogen and oxygen atoms in total. The van der Waals surface area contributed by atoms with Crippen LogP contribution in [0.5, 0.6) is 0 Å². The van der Waals surface area contributed by atoms with Gasteiger partial charge in [0.05, 0.1) is 0 Å². The summed E-state index contributed by atoms with van der Waals surface area (Å²) in [5.74, 6) is 0.855. The van der Waals surface area contributed by atoms with Crippen LogP contribution in [0.1, 0.15) is 83.5 Å². The van der Waals surface area contributed by atoms with Crippen molar-refractivity contribution in [1.29, 1.82) is 0 Å². The van der Waals surface area contributed by atoms with Crippen LogP contribution in [0.4, 0.5) is 11.4 Å². The van der Waals surface area contributed by atoms with Gasteiger partial charge in [0.2, 0.25) is 5.91 Å². The van der Waals surface area contributed by atoms with Crippen LogP contribution in [0.2, 0.25) is 0 Å². The van der Waals surface area contributed by atoms with Crippen LogP contribution in [0.25, 0.3) is 0 Å². The zero-order chi connectivity index (χ0) is 20.9. The monoisotopic (exact) mass is 415 g/mol. The summed E-state index contributed by atoms with van der Waals surface area (Å²) in [5.41, 5.74) is 0.483. The maximum absolute atomic E-state index is 12.7. The molecular weight excluding hydrogens is 378 g/mol. The van der Waals surface area contributed by atoms with E-state index >= 15 is 0 Å². The molecule has 1 saturated heterocycles. The van der Waals surface area contributed by atoms with E-state index in [0.29, 0.717) is 23.3 Å². The Kier molecular flexibility index (Phi) is 7.11. The third kappa shape index (κ3) is 4.89. The van der Waals surface area contributed by atoms with Crippen LogP contribution in [0.3, 0.4) is 0 Å². The molecule has 0 radical (unpaired) electrons. The van der Waals surface area contributed by atoms with Crippen molar-refractivity contribution in [2.75, 3.05) is 29.9 Å². The Balaban J connectivity index is 1.23. The molecule has 1 aromatic rings. The van der Waals surface area contributed by atoms with Gasteiger partial charge in [-0.25, -0.2) is 0 Å². The minimum Gasteiger partial charge on any atom is -0.380 e. The van der Waals surface area contributed by atoms with Gasteiger partial charge < -0.3 is 15.5 Å². The first-order valence-electron chi connectivity index (χ1n) is 12.3. The summed E-state index contributed by atoms with van der Waals surface area (Å²) >= 11 is 0. The summed E-state index contributed by atoms with van der Waals surface area (Å²) in [6, 6.07) is 0.377. The predicted molar refractivity (Wildman–Crippen MR) is 121 cm³/mol. The number of carbonyl (C=O) groups excluding carboxylic acids is 1. The van der Waals surface area contributed by atoms with Crippen LogP contribution in [0, 0.1) is 11.8 Å². The number of hydrogen-bond acceptors (Lipinski definition) is 5. The molecule has 2 aliphatic carbocycles. The fraction of sp³-hybridized carbons (Fsp3) is 0.792. The third-order valence-electron chi connectivity index (χ3n) is 7.54. The topological polar surface area (TPSA) is 78.5 Å². The van der Waals surface area contributed by atoms with E-state index in [0.717, 1.165) is 71.0 Å². The SMILES string of the molecule is O=C(NC1CCCCCC1)C1CCC(CNc2c(N3CCCCC3)c(=O)c2=O)CC1. The Hall–Kier alpha value is -1.85.